The fourth-order valence-electron chi connectivity index (χ4n) is 3.13. The van der Waals surface area contributed by atoms with E-state index in [0.29, 0.717) is 24.7 Å². The Labute approximate surface area is 176 Å². The second-order valence-corrected chi connectivity index (χ2v) is 6.82. The molecule has 0 spiro atoms. The molecule has 4 rings (SSSR count). The lowest BCUT2D eigenvalue weighted by Gasteiger charge is -2.23. The Kier molecular flexibility index (Phi) is 6.11. The van der Waals surface area contributed by atoms with Gasteiger partial charge in [0.1, 0.15) is 5.69 Å². The molecule has 1 heterocycles. The smallest absolute Gasteiger partial charge is 0.270 e. The van der Waals surface area contributed by atoms with Crippen molar-refractivity contribution in [3.63, 3.8) is 0 Å². The molecule has 0 bridgehead atoms. The van der Waals surface area contributed by atoms with Crippen molar-refractivity contribution in [1.29, 1.82) is 0 Å². The lowest BCUT2D eigenvalue weighted by atomic mass is 10.2. The zero-order valence-electron chi connectivity index (χ0n) is 16.5. The van der Waals surface area contributed by atoms with E-state index in [0.717, 1.165) is 16.8 Å². The van der Waals surface area contributed by atoms with E-state index < -0.39 is 0 Å². The van der Waals surface area contributed by atoms with Crippen molar-refractivity contribution < 1.29 is 4.79 Å². The Bertz CT molecular complexity index is 1090. The quantitative estimate of drug-likeness (QED) is 0.492. The number of rotatable bonds is 7. The number of benzene rings is 3. The van der Waals surface area contributed by atoms with Crippen molar-refractivity contribution in [3.05, 3.63) is 120 Å². The molecule has 1 amide bonds. The number of carbonyl (C=O) groups is 1. The minimum atomic E-state index is -0.227. The van der Waals surface area contributed by atoms with Gasteiger partial charge in [-0.1, -0.05) is 78.9 Å². The van der Waals surface area contributed by atoms with E-state index in [4.69, 9.17) is 0 Å². The monoisotopic (exact) mass is 394 g/mol. The molecule has 3 aromatic carbocycles. The maximum Gasteiger partial charge on any atom is 0.270 e. The van der Waals surface area contributed by atoms with Crippen LogP contribution < -0.4 is 10.2 Å². The molecule has 5 heteroatoms. The molecule has 0 atom stereocenters. The van der Waals surface area contributed by atoms with Crippen LogP contribution in [0.5, 0.6) is 0 Å². The summed E-state index contributed by atoms with van der Waals surface area (Å²) < 4.78 is 0. The molecule has 1 N–H and O–H groups in total. The van der Waals surface area contributed by atoms with Crippen LogP contribution in [-0.4, -0.2) is 15.9 Å². The lowest BCUT2D eigenvalue weighted by Crippen LogP contribution is -2.25. The van der Waals surface area contributed by atoms with Crippen molar-refractivity contribution in [3.8, 4) is 0 Å². The van der Waals surface area contributed by atoms with E-state index in [-0.39, 0.29) is 5.91 Å². The number of hydrogen-bond acceptors (Lipinski definition) is 4. The van der Waals surface area contributed by atoms with E-state index >= 15 is 0 Å². The number of para-hydroxylation sites is 1. The maximum atomic E-state index is 12.7. The number of carbonyl (C=O) groups excluding carboxylic acids is 1. The first-order valence-electron chi connectivity index (χ1n) is 9.81. The van der Waals surface area contributed by atoms with Crippen LogP contribution in [0.15, 0.2) is 103 Å². The van der Waals surface area contributed by atoms with Crippen LogP contribution in [0.1, 0.15) is 21.6 Å². The Morgan fingerprint density at radius 2 is 1.37 bits per heavy atom. The second kappa shape index (κ2) is 9.47. The lowest BCUT2D eigenvalue weighted by molar-refractivity contribution is 0.0946. The van der Waals surface area contributed by atoms with E-state index in [9.17, 15) is 4.79 Å². The van der Waals surface area contributed by atoms with E-state index in [2.05, 4.69) is 27.4 Å². The Hall–Kier alpha value is -3.99. The summed E-state index contributed by atoms with van der Waals surface area (Å²) in [5.74, 6) is 0.257. The van der Waals surface area contributed by atoms with Crippen molar-refractivity contribution in [2.24, 2.45) is 0 Å². The molecular weight excluding hydrogens is 372 g/mol. The van der Waals surface area contributed by atoms with Gasteiger partial charge in [-0.15, -0.1) is 0 Å². The van der Waals surface area contributed by atoms with Gasteiger partial charge in [0.2, 0.25) is 5.95 Å². The van der Waals surface area contributed by atoms with Gasteiger partial charge in [-0.25, -0.2) is 9.97 Å². The van der Waals surface area contributed by atoms with Crippen LogP contribution in [0, 0.1) is 0 Å². The second-order valence-electron chi connectivity index (χ2n) is 6.82. The van der Waals surface area contributed by atoms with Crippen LogP contribution in [0.25, 0.3) is 0 Å². The Morgan fingerprint density at radius 3 is 2.03 bits per heavy atom. The van der Waals surface area contributed by atoms with Gasteiger partial charge in [-0.3, -0.25) is 4.79 Å². The number of aromatic nitrogens is 2. The van der Waals surface area contributed by atoms with Crippen LogP contribution in [0.4, 0.5) is 11.6 Å². The van der Waals surface area contributed by atoms with Gasteiger partial charge in [0.05, 0.1) is 6.54 Å². The van der Waals surface area contributed by atoms with Crippen LogP contribution in [-0.2, 0) is 13.1 Å². The Morgan fingerprint density at radius 1 is 0.767 bits per heavy atom. The third-order valence-corrected chi connectivity index (χ3v) is 4.66. The fourth-order valence-corrected chi connectivity index (χ4v) is 3.13. The first-order chi connectivity index (χ1) is 14.8. The minimum absolute atomic E-state index is 0.227. The predicted octanol–water partition coefficient (Wildman–Crippen LogP) is 4.74. The summed E-state index contributed by atoms with van der Waals surface area (Å²) in [5.41, 5.74) is 3.46. The average molecular weight is 394 g/mol. The first kappa shape index (κ1) is 19.3. The molecule has 5 nitrogen and oxygen atoms in total. The van der Waals surface area contributed by atoms with E-state index in [1.807, 2.05) is 83.8 Å². The summed E-state index contributed by atoms with van der Waals surface area (Å²) in [5, 5.41) is 2.92. The maximum absolute atomic E-state index is 12.7. The topological polar surface area (TPSA) is 58.1 Å². The highest BCUT2D eigenvalue weighted by Gasteiger charge is 2.16. The summed E-state index contributed by atoms with van der Waals surface area (Å²) in [6.07, 6.45) is 1.63. The first-order valence-corrected chi connectivity index (χ1v) is 9.81. The summed E-state index contributed by atoms with van der Waals surface area (Å²) in [4.78, 5) is 23.7. The molecule has 30 heavy (non-hydrogen) atoms. The molecule has 0 aliphatic carbocycles. The highest BCUT2D eigenvalue weighted by molar-refractivity contribution is 5.92. The van der Waals surface area contributed by atoms with Gasteiger partial charge in [-0.2, -0.15) is 0 Å². The van der Waals surface area contributed by atoms with Gasteiger partial charge in [0, 0.05) is 18.4 Å². The third-order valence-electron chi connectivity index (χ3n) is 4.66. The Balaban J connectivity index is 1.57. The molecular formula is C25H22N4O. The average Bonchev–Trinajstić information content (AvgIpc) is 2.83. The number of anilines is 2. The van der Waals surface area contributed by atoms with E-state index in [1.165, 1.54) is 0 Å². The van der Waals surface area contributed by atoms with Gasteiger partial charge >= 0.3 is 0 Å². The predicted molar refractivity (Wildman–Crippen MR) is 118 cm³/mol. The zero-order valence-corrected chi connectivity index (χ0v) is 16.5. The van der Waals surface area contributed by atoms with Gasteiger partial charge in [0.25, 0.3) is 5.91 Å². The van der Waals surface area contributed by atoms with Gasteiger partial charge < -0.3 is 10.2 Å². The minimum Gasteiger partial charge on any atom is -0.347 e. The summed E-state index contributed by atoms with van der Waals surface area (Å²) >= 11 is 0. The molecule has 0 aliphatic rings. The SMILES string of the molecule is O=C(NCc1ccccc1)c1ccnc(N(Cc2ccccc2)c2ccccc2)n1. The number of nitrogens with one attached hydrogen (secondary N) is 1. The molecule has 0 radical (unpaired) electrons. The molecule has 0 fully saturated rings. The zero-order chi connectivity index (χ0) is 20.6. The molecule has 4 aromatic rings. The number of nitrogens with zero attached hydrogens (tertiary/aromatic N) is 3. The summed E-state index contributed by atoms with van der Waals surface area (Å²) in [7, 11) is 0. The highest BCUT2D eigenvalue weighted by atomic mass is 16.1. The van der Waals surface area contributed by atoms with Crippen molar-refractivity contribution in [2.75, 3.05) is 4.90 Å². The molecule has 148 valence electrons. The molecule has 1 aromatic heterocycles. The van der Waals surface area contributed by atoms with Crippen LogP contribution >= 0.6 is 0 Å². The van der Waals surface area contributed by atoms with Crippen molar-refractivity contribution in [1.82, 2.24) is 15.3 Å². The van der Waals surface area contributed by atoms with Gasteiger partial charge in [-0.05, 0) is 29.3 Å². The van der Waals surface area contributed by atoms with E-state index in [1.54, 1.807) is 12.3 Å². The number of amides is 1. The summed E-state index contributed by atoms with van der Waals surface area (Å²) in [6, 6.07) is 31.5. The number of hydrogen-bond donors (Lipinski definition) is 1. The van der Waals surface area contributed by atoms with Crippen molar-refractivity contribution >= 4 is 17.5 Å². The molecule has 0 unspecified atom stereocenters. The van der Waals surface area contributed by atoms with Gasteiger partial charge in [0.15, 0.2) is 0 Å². The van der Waals surface area contributed by atoms with Crippen molar-refractivity contribution in [2.45, 2.75) is 13.1 Å². The molecule has 0 saturated heterocycles. The third kappa shape index (κ3) is 4.89. The fraction of sp³-hybridized carbons (Fsp3) is 0.0800. The summed E-state index contributed by atoms with van der Waals surface area (Å²) in [6.45, 7) is 1.05. The standard InChI is InChI=1S/C25H22N4O/c30-24(27-18-20-10-4-1-5-11-20)23-16-17-26-25(28-23)29(22-14-8-3-9-15-22)19-21-12-6-2-7-13-21/h1-17H,18-19H2,(H,27,30). The highest BCUT2D eigenvalue weighted by Crippen LogP contribution is 2.24. The van der Waals surface area contributed by atoms with Crippen LogP contribution in [0.2, 0.25) is 0 Å². The molecule has 0 aliphatic heterocycles. The van der Waals surface area contributed by atoms with Crippen LogP contribution in [0.3, 0.4) is 0 Å². The normalized spacial score (nSPS) is 10.4. The molecule has 0 saturated carbocycles. The largest absolute Gasteiger partial charge is 0.347 e.